The standard InChI is InChI=1S/C15H16N2O3/c16-15(12-4-2-1-3-5-12)10-11-20-14-8-6-13(7-9-14)17(18)19/h1-9,15H,10-11,16H2/t15-/m1/s1. The number of rotatable bonds is 6. The van der Waals surface area contributed by atoms with Gasteiger partial charge in [0.25, 0.3) is 5.69 Å². The molecule has 0 aliphatic carbocycles. The molecule has 0 aliphatic heterocycles. The minimum absolute atomic E-state index is 0.0540. The van der Waals surface area contributed by atoms with Gasteiger partial charge in [-0.15, -0.1) is 0 Å². The third-order valence-electron chi connectivity index (χ3n) is 2.97. The molecule has 2 aromatic rings. The molecule has 2 N–H and O–H groups in total. The maximum atomic E-state index is 10.5. The Morgan fingerprint density at radius 2 is 1.75 bits per heavy atom. The number of ether oxygens (including phenoxy) is 1. The van der Waals surface area contributed by atoms with Crippen LogP contribution in [0.25, 0.3) is 0 Å². The zero-order chi connectivity index (χ0) is 14.4. The quantitative estimate of drug-likeness (QED) is 0.647. The van der Waals surface area contributed by atoms with Gasteiger partial charge in [-0.2, -0.15) is 0 Å². The average Bonchev–Trinajstić information content (AvgIpc) is 2.48. The summed E-state index contributed by atoms with van der Waals surface area (Å²) in [5.74, 6) is 0.607. The van der Waals surface area contributed by atoms with E-state index in [1.807, 2.05) is 30.3 Å². The van der Waals surface area contributed by atoms with Crippen molar-refractivity contribution in [3.05, 3.63) is 70.3 Å². The molecule has 0 amide bonds. The predicted molar refractivity (Wildman–Crippen MR) is 76.6 cm³/mol. The molecule has 0 heterocycles. The molecule has 2 rings (SSSR count). The van der Waals surface area contributed by atoms with Gasteiger partial charge in [-0.3, -0.25) is 10.1 Å². The van der Waals surface area contributed by atoms with E-state index in [-0.39, 0.29) is 11.7 Å². The van der Waals surface area contributed by atoms with Crippen LogP contribution in [-0.2, 0) is 0 Å². The fourth-order valence-corrected chi connectivity index (χ4v) is 1.83. The van der Waals surface area contributed by atoms with Gasteiger partial charge in [0, 0.05) is 24.6 Å². The molecule has 0 saturated heterocycles. The smallest absolute Gasteiger partial charge is 0.269 e. The Balaban J connectivity index is 1.82. The van der Waals surface area contributed by atoms with Crippen LogP contribution in [0.1, 0.15) is 18.0 Å². The van der Waals surface area contributed by atoms with Crippen molar-refractivity contribution < 1.29 is 9.66 Å². The van der Waals surface area contributed by atoms with E-state index in [4.69, 9.17) is 10.5 Å². The number of nitrogens with two attached hydrogens (primary N) is 1. The fourth-order valence-electron chi connectivity index (χ4n) is 1.83. The molecule has 5 nitrogen and oxygen atoms in total. The lowest BCUT2D eigenvalue weighted by Gasteiger charge is -2.12. The van der Waals surface area contributed by atoms with E-state index < -0.39 is 4.92 Å². The van der Waals surface area contributed by atoms with Gasteiger partial charge in [-0.05, 0) is 17.7 Å². The molecule has 1 atom stereocenters. The van der Waals surface area contributed by atoms with Crippen molar-refractivity contribution in [2.45, 2.75) is 12.5 Å². The van der Waals surface area contributed by atoms with Crippen LogP contribution in [0, 0.1) is 10.1 Å². The Morgan fingerprint density at radius 1 is 1.10 bits per heavy atom. The van der Waals surface area contributed by atoms with E-state index in [1.54, 1.807) is 12.1 Å². The predicted octanol–water partition coefficient (Wildman–Crippen LogP) is 3.06. The van der Waals surface area contributed by atoms with Crippen molar-refractivity contribution in [2.24, 2.45) is 5.73 Å². The van der Waals surface area contributed by atoms with Crippen LogP contribution in [0.4, 0.5) is 5.69 Å². The normalized spacial score (nSPS) is 11.8. The molecule has 0 radical (unpaired) electrons. The van der Waals surface area contributed by atoms with Gasteiger partial charge in [0.05, 0.1) is 11.5 Å². The van der Waals surface area contributed by atoms with Crippen molar-refractivity contribution in [1.29, 1.82) is 0 Å². The first-order valence-corrected chi connectivity index (χ1v) is 6.34. The number of nitro benzene ring substituents is 1. The summed E-state index contributed by atoms with van der Waals surface area (Å²) in [4.78, 5) is 10.1. The van der Waals surface area contributed by atoms with Gasteiger partial charge < -0.3 is 10.5 Å². The number of hydrogen-bond donors (Lipinski definition) is 1. The van der Waals surface area contributed by atoms with Gasteiger partial charge in [0.15, 0.2) is 0 Å². The largest absolute Gasteiger partial charge is 0.494 e. The van der Waals surface area contributed by atoms with E-state index in [2.05, 4.69) is 0 Å². The summed E-state index contributed by atoms with van der Waals surface area (Å²) < 4.78 is 5.53. The molecule has 0 unspecified atom stereocenters. The van der Waals surface area contributed by atoms with Crippen LogP contribution < -0.4 is 10.5 Å². The van der Waals surface area contributed by atoms with Gasteiger partial charge in [-0.1, -0.05) is 30.3 Å². The Hall–Kier alpha value is -2.40. The van der Waals surface area contributed by atoms with Crippen molar-refractivity contribution >= 4 is 5.69 Å². The molecular formula is C15H16N2O3. The molecule has 0 aromatic heterocycles. The van der Waals surface area contributed by atoms with Crippen LogP contribution in [0.15, 0.2) is 54.6 Å². The van der Waals surface area contributed by atoms with E-state index in [0.29, 0.717) is 18.8 Å². The number of hydrogen-bond acceptors (Lipinski definition) is 4. The summed E-state index contributed by atoms with van der Waals surface area (Å²) in [5, 5.41) is 10.5. The monoisotopic (exact) mass is 272 g/mol. The van der Waals surface area contributed by atoms with Gasteiger partial charge in [0.2, 0.25) is 0 Å². The first-order valence-electron chi connectivity index (χ1n) is 6.34. The van der Waals surface area contributed by atoms with Gasteiger partial charge in [0.1, 0.15) is 5.75 Å². The Morgan fingerprint density at radius 3 is 2.35 bits per heavy atom. The van der Waals surface area contributed by atoms with Crippen LogP contribution in [0.2, 0.25) is 0 Å². The number of nitro groups is 1. The number of nitrogens with zero attached hydrogens (tertiary/aromatic N) is 1. The zero-order valence-electron chi connectivity index (χ0n) is 10.9. The van der Waals surface area contributed by atoms with Crippen LogP contribution in [0.3, 0.4) is 0 Å². The second-order valence-electron chi connectivity index (χ2n) is 4.41. The highest BCUT2D eigenvalue weighted by atomic mass is 16.6. The zero-order valence-corrected chi connectivity index (χ0v) is 10.9. The average molecular weight is 272 g/mol. The van der Waals surface area contributed by atoms with E-state index in [9.17, 15) is 10.1 Å². The molecule has 0 fully saturated rings. The lowest BCUT2D eigenvalue weighted by molar-refractivity contribution is -0.384. The maximum absolute atomic E-state index is 10.5. The third-order valence-corrected chi connectivity index (χ3v) is 2.97. The number of non-ortho nitro benzene ring substituents is 1. The molecule has 0 spiro atoms. The SMILES string of the molecule is N[C@H](CCOc1ccc([N+](=O)[O-])cc1)c1ccccc1. The van der Waals surface area contributed by atoms with Crippen LogP contribution >= 0.6 is 0 Å². The third kappa shape index (κ3) is 3.80. The summed E-state index contributed by atoms with van der Waals surface area (Å²) in [5.41, 5.74) is 7.18. The van der Waals surface area contributed by atoms with Crippen LogP contribution in [0.5, 0.6) is 5.75 Å². The van der Waals surface area contributed by atoms with E-state index in [0.717, 1.165) is 5.56 Å². The Kier molecular flexibility index (Phi) is 4.68. The van der Waals surface area contributed by atoms with Crippen molar-refractivity contribution in [3.63, 3.8) is 0 Å². The summed E-state index contributed by atoms with van der Waals surface area (Å²) >= 11 is 0. The van der Waals surface area contributed by atoms with Crippen molar-refractivity contribution in [3.8, 4) is 5.75 Å². The van der Waals surface area contributed by atoms with Gasteiger partial charge >= 0.3 is 0 Å². The summed E-state index contributed by atoms with van der Waals surface area (Å²) in [6, 6.07) is 15.8. The molecule has 5 heteroatoms. The lowest BCUT2D eigenvalue weighted by Crippen LogP contribution is -2.14. The first kappa shape index (κ1) is 14.0. The first-order chi connectivity index (χ1) is 9.66. The van der Waals surface area contributed by atoms with Crippen LogP contribution in [-0.4, -0.2) is 11.5 Å². The highest BCUT2D eigenvalue weighted by Crippen LogP contribution is 2.19. The summed E-state index contributed by atoms with van der Waals surface area (Å²) in [7, 11) is 0. The van der Waals surface area contributed by atoms with Gasteiger partial charge in [-0.25, -0.2) is 0 Å². The molecule has 0 bridgehead atoms. The highest BCUT2D eigenvalue weighted by molar-refractivity contribution is 5.35. The summed E-state index contributed by atoms with van der Waals surface area (Å²) in [6.07, 6.45) is 0.682. The van der Waals surface area contributed by atoms with E-state index >= 15 is 0 Å². The molecule has 104 valence electrons. The molecule has 0 saturated carbocycles. The molecular weight excluding hydrogens is 256 g/mol. The maximum Gasteiger partial charge on any atom is 0.269 e. The van der Waals surface area contributed by atoms with Crippen molar-refractivity contribution in [1.82, 2.24) is 0 Å². The minimum Gasteiger partial charge on any atom is -0.494 e. The molecule has 0 aliphatic rings. The topological polar surface area (TPSA) is 78.4 Å². The fraction of sp³-hybridized carbons (Fsp3) is 0.200. The minimum atomic E-state index is -0.435. The van der Waals surface area contributed by atoms with Crippen molar-refractivity contribution in [2.75, 3.05) is 6.61 Å². The lowest BCUT2D eigenvalue weighted by atomic mass is 10.1. The van der Waals surface area contributed by atoms with E-state index in [1.165, 1.54) is 12.1 Å². The second kappa shape index (κ2) is 6.68. The second-order valence-corrected chi connectivity index (χ2v) is 4.41. The Labute approximate surface area is 117 Å². The highest BCUT2D eigenvalue weighted by Gasteiger charge is 2.07. The number of benzene rings is 2. The summed E-state index contributed by atoms with van der Waals surface area (Å²) in [6.45, 7) is 0.466. The molecule has 2 aromatic carbocycles. The Bertz CT molecular complexity index is 555. The molecule has 20 heavy (non-hydrogen) atoms.